The number of nitrogens with zero attached hydrogens (tertiary/aromatic N) is 2. The summed E-state index contributed by atoms with van der Waals surface area (Å²) in [6, 6.07) is 11.5. The van der Waals surface area contributed by atoms with Gasteiger partial charge >= 0.3 is 12.4 Å². The zero-order valence-electron chi connectivity index (χ0n) is 18.3. The maximum atomic E-state index is 13.3. The van der Waals surface area contributed by atoms with E-state index in [1.165, 1.54) is 6.07 Å². The number of aromatic nitrogens is 2. The molecule has 0 aliphatic carbocycles. The first kappa shape index (κ1) is 23.9. The zero-order valence-corrected chi connectivity index (χ0v) is 18.3. The number of oxazole rings is 1. The second-order valence-electron chi connectivity index (χ2n) is 8.24. The predicted molar refractivity (Wildman–Crippen MR) is 113 cm³/mol. The molecule has 2 aromatic heterocycles. The molecular formula is C24H20F6N2O2. The number of hydrogen-bond acceptors (Lipinski definition) is 3. The van der Waals surface area contributed by atoms with Crippen molar-refractivity contribution in [2.45, 2.75) is 45.3 Å². The number of rotatable bonds is 4. The van der Waals surface area contributed by atoms with Crippen LogP contribution in [0.5, 0.6) is 0 Å². The van der Waals surface area contributed by atoms with E-state index in [1.807, 2.05) is 31.2 Å². The summed E-state index contributed by atoms with van der Waals surface area (Å²) in [7, 11) is 0. The minimum atomic E-state index is -5.94. The fourth-order valence-corrected chi connectivity index (χ4v) is 3.96. The number of fused-ring (bicyclic) bond motifs is 1. The molecule has 0 saturated heterocycles. The molecule has 0 aliphatic rings. The van der Waals surface area contributed by atoms with Crippen molar-refractivity contribution in [2.75, 3.05) is 0 Å². The molecule has 0 spiro atoms. The van der Waals surface area contributed by atoms with Crippen molar-refractivity contribution in [1.29, 1.82) is 0 Å². The van der Waals surface area contributed by atoms with Gasteiger partial charge < -0.3 is 14.1 Å². The molecule has 180 valence electrons. The summed E-state index contributed by atoms with van der Waals surface area (Å²) in [6.45, 7) is 5.53. The lowest BCUT2D eigenvalue weighted by molar-refractivity contribution is -0.376. The van der Waals surface area contributed by atoms with Crippen LogP contribution in [0.15, 0.2) is 52.9 Å². The molecule has 0 fully saturated rings. The van der Waals surface area contributed by atoms with Gasteiger partial charge in [0, 0.05) is 27.7 Å². The van der Waals surface area contributed by atoms with Crippen molar-refractivity contribution in [3.63, 3.8) is 0 Å². The average Bonchev–Trinajstić information content (AvgIpc) is 3.25. The largest absolute Gasteiger partial charge is 0.441 e. The molecule has 2 heterocycles. The van der Waals surface area contributed by atoms with E-state index in [9.17, 15) is 31.4 Å². The topological polar surface area (TPSA) is 51.2 Å². The number of hydrogen-bond donors (Lipinski definition) is 1. The highest BCUT2D eigenvalue weighted by Gasteiger charge is 2.71. The number of benzene rings is 2. The molecule has 10 heteroatoms. The van der Waals surface area contributed by atoms with Crippen LogP contribution in [-0.2, 0) is 12.1 Å². The predicted octanol–water partition coefficient (Wildman–Crippen LogP) is 6.58. The van der Waals surface area contributed by atoms with Gasteiger partial charge in [0.25, 0.3) is 5.60 Å². The summed E-state index contributed by atoms with van der Waals surface area (Å²) >= 11 is 0. The molecule has 1 N–H and O–H groups in total. The summed E-state index contributed by atoms with van der Waals surface area (Å²) < 4.78 is 87.2. The number of aryl methyl sites for hydroxylation is 3. The summed E-state index contributed by atoms with van der Waals surface area (Å²) in [5, 5.41) is 9.84. The highest BCUT2D eigenvalue weighted by atomic mass is 19.4. The molecule has 2 aromatic carbocycles. The minimum absolute atomic E-state index is 0.127. The van der Waals surface area contributed by atoms with Crippen LogP contribution in [0.25, 0.3) is 22.4 Å². The van der Waals surface area contributed by atoms with Gasteiger partial charge in [0.05, 0.1) is 6.54 Å². The smallest absolute Gasteiger partial charge is 0.430 e. The number of aliphatic hydroxyl groups is 1. The van der Waals surface area contributed by atoms with Crippen molar-refractivity contribution < 1.29 is 35.9 Å². The molecule has 0 atom stereocenters. The van der Waals surface area contributed by atoms with Crippen LogP contribution < -0.4 is 0 Å². The van der Waals surface area contributed by atoms with E-state index >= 15 is 0 Å². The van der Waals surface area contributed by atoms with Gasteiger partial charge in [-0.05, 0) is 51.1 Å². The van der Waals surface area contributed by atoms with Crippen molar-refractivity contribution >= 4 is 10.9 Å². The Hall–Kier alpha value is -3.27. The maximum absolute atomic E-state index is 13.3. The Balaban J connectivity index is 1.75. The summed E-state index contributed by atoms with van der Waals surface area (Å²) in [5.41, 5.74) is -2.90. The van der Waals surface area contributed by atoms with Crippen LogP contribution in [-0.4, -0.2) is 27.0 Å². The van der Waals surface area contributed by atoms with E-state index in [0.717, 1.165) is 17.2 Å². The highest BCUT2D eigenvalue weighted by molar-refractivity contribution is 5.82. The van der Waals surface area contributed by atoms with Gasteiger partial charge in [-0.3, -0.25) is 0 Å². The normalized spacial score (nSPS) is 13.1. The molecule has 0 unspecified atom stereocenters. The van der Waals surface area contributed by atoms with E-state index < -0.39 is 23.5 Å². The van der Waals surface area contributed by atoms with Gasteiger partial charge in [0.2, 0.25) is 5.89 Å². The third-order valence-electron chi connectivity index (χ3n) is 5.81. The molecule has 0 aliphatic heterocycles. The van der Waals surface area contributed by atoms with Gasteiger partial charge in [0.15, 0.2) is 0 Å². The Morgan fingerprint density at radius 2 is 1.59 bits per heavy atom. The lowest BCUT2D eigenvalue weighted by Gasteiger charge is -2.32. The lowest BCUT2D eigenvalue weighted by Crippen LogP contribution is -2.53. The fraction of sp³-hybridized carbons (Fsp3) is 0.292. The third-order valence-corrected chi connectivity index (χ3v) is 5.81. The summed E-state index contributed by atoms with van der Waals surface area (Å²) in [4.78, 5) is 4.54. The van der Waals surface area contributed by atoms with E-state index in [0.29, 0.717) is 40.7 Å². The van der Waals surface area contributed by atoms with Crippen LogP contribution in [0, 0.1) is 20.8 Å². The van der Waals surface area contributed by atoms with Crippen molar-refractivity contribution in [1.82, 2.24) is 9.55 Å². The zero-order chi connectivity index (χ0) is 25.1. The average molecular weight is 482 g/mol. The Labute approximate surface area is 190 Å². The van der Waals surface area contributed by atoms with Crippen molar-refractivity contribution in [3.8, 4) is 11.5 Å². The van der Waals surface area contributed by atoms with Gasteiger partial charge in [-0.15, -0.1) is 0 Å². The van der Waals surface area contributed by atoms with Gasteiger partial charge in [-0.25, -0.2) is 4.98 Å². The second kappa shape index (κ2) is 7.90. The number of halogens is 6. The highest BCUT2D eigenvalue weighted by Crippen LogP contribution is 2.50. The minimum Gasteiger partial charge on any atom is -0.441 e. The maximum Gasteiger partial charge on any atom is 0.430 e. The molecule has 34 heavy (non-hydrogen) atoms. The van der Waals surface area contributed by atoms with Crippen LogP contribution in [0.3, 0.4) is 0 Å². The quantitative estimate of drug-likeness (QED) is 0.334. The first-order valence-electron chi connectivity index (χ1n) is 10.2. The third kappa shape index (κ3) is 3.85. The molecule has 0 saturated carbocycles. The Morgan fingerprint density at radius 3 is 2.21 bits per heavy atom. The monoisotopic (exact) mass is 482 g/mol. The van der Waals surface area contributed by atoms with Crippen LogP contribution in [0.1, 0.15) is 28.3 Å². The molecule has 4 rings (SSSR count). The molecule has 4 nitrogen and oxygen atoms in total. The standard InChI is InChI=1S/C24H20F6N2O2/c1-13-5-4-6-16(9-13)21-31-19(15(3)34-21)12-32-14(2)10-17-11-18(7-8-20(17)32)22(33,23(25,26)27)24(28,29)30/h4-11,33H,12H2,1-3H3. The fourth-order valence-electron chi connectivity index (χ4n) is 3.96. The van der Waals surface area contributed by atoms with E-state index in [2.05, 4.69) is 4.98 Å². The molecule has 0 bridgehead atoms. The molecule has 0 amide bonds. The first-order chi connectivity index (χ1) is 15.7. The van der Waals surface area contributed by atoms with Crippen molar-refractivity contribution in [2.24, 2.45) is 0 Å². The summed E-state index contributed by atoms with van der Waals surface area (Å²) in [6.07, 6.45) is -11.9. The van der Waals surface area contributed by atoms with E-state index in [4.69, 9.17) is 4.42 Å². The Morgan fingerprint density at radius 1 is 0.912 bits per heavy atom. The Kier molecular flexibility index (Phi) is 5.55. The van der Waals surface area contributed by atoms with Gasteiger partial charge in [-0.1, -0.05) is 23.8 Å². The van der Waals surface area contributed by atoms with Gasteiger partial charge in [-0.2, -0.15) is 26.3 Å². The molecule has 4 aromatic rings. The van der Waals surface area contributed by atoms with Crippen LogP contribution in [0.4, 0.5) is 26.3 Å². The lowest BCUT2D eigenvalue weighted by atomic mass is 9.91. The molecule has 0 radical (unpaired) electrons. The van der Waals surface area contributed by atoms with Crippen LogP contribution >= 0.6 is 0 Å². The second-order valence-corrected chi connectivity index (χ2v) is 8.24. The van der Waals surface area contributed by atoms with Crippen molar-refractivity contribution in [3.05, 3.63) is 76.8 Å². The SMILES string of the molecule is Cc1cccc(-c2nc(Cn3c(C)cc4cc(C(O)(C(F)(F)F)C(F)(F)F)ccc43)c(C)o2)c1. The van der Waals surface area contributed by atoms with Gasteiger partial charge in [0.1, 0.15) is 11.5 Å². The number of alkyl halides is 6. The Bertz CT molecular complexity index is 1350. The summed E-state index contributed by atoms with van der Waals surface area (Å²) in [5.74, 6) is 0.950. The van der Waals surface area contributed by atoms with E-state index in [-0.39, 0.29) is 11.9 Å². The van der Waals surface area contributed by atoms with E-state index in [1.54, 1.807) is 18.4 Å². The van der Waals surface area contributed by atoms with Crippen LogP contribution in [0.2, 0.25) is 0 Å². The first-order valence-corrected chi connectivity index (χ1v) is 10.2. The molecular weight excluding hydrogens is 462 g/mol.